The van der Waals surface area contributed by atoms with E-state index in [1.54, 1.807) is 0 Å². The molecule has 0 atom stereocenters. The summed E-state index contributed by atoms with van der Waals surface area (Å²) in [6.07, 6.45) is 3.60. The highest BCUT2D eigenvalue weighted by molar-refractivity contribution is 5.75. The zero-order valence-electron chi connectivity index (χ0n) is 12.7. The fraction of sp³-hybridized carbons (Fsp3) is 0.471. The molecule has 1 aromatic carbocycles. The van der Waals surface area contributed by atoms with Gasteiger partial charge in [0.15, 0.2) is 0 Å². The van der Waals surface area contributed by atoms with E-state index in [2.05, 4.69) is 37.6 Å². The van der Waals surface area contributed by atoms with E-state index < -0.39 is 0 Å². The van der Waals surface area contributed by atoms with Gasteiger partial charge in [0.2, 0.25) is 0 Å². The molecule has 0 unspecified atom stereocenters. The number of hydrogen-bond acceptors (Lipinski definition) is 2. The van der Waals surface area contributed by atoms with E-state index in [0.717, 1.165) is 18.7 Å². The van der Waals surface area contributed by atoms with E-state index in [9.17, 15) is 0 Å². The van der Waals surface area contributed by atoms with E-state index in [0.29, 0.717) is 6.54 Å². The normalized spacial score (nSPS) is 14.4. The van der Waals surface area contributed by atoms with Crippen LogP contribution in [0.15, 0.2) is 12.1 Å². The molecular weight excluding hydrogens is 246 g/mol. The summed E-state index contributed by atoms with van der Waals surface area (Å²) in [5.74, 6) is 0. The van der Waals surface area contributed by atoms with Crippen molar-refractivity contribution in [3.63, 3.8) is 0 Å². The van der Waals surface area contributed by atoms with Crippen molar-refractivity contribution >= 4 is 0 Å². The maximum atomic E-state index is 5.95. The van der Waals surface area contributed by atoms with Crippen molar-refractivity contribution in [1.82, 2.24) is 9.78 Å². The lowest BCUT2D eigenvalue weighted by molar-refractivity contribution is 0.484. The fourth-order valence-corrected chi connectivity index (χ4v) is 3.55. The van der Waals surface area contributed by atoms with Gasteiger partial charge >= 0.3 is 0 Å². The van der Waals surface area contributed by atoms with E-state index in [1.165, 1.54) is 46.4 Å². The predicted octanol–water partition coefficient (Wildman–Crippen LogP) is 3.27. The maximum absolute atomic E-state index is 5.95. The van der Waals surface area contributed by atoms with Gasteiger partial charge in [0.25, 0.3) is 0 Å². The molecule has 0 fully saturated rings. The summed E-state index contributed by atoms with van der Waals surface area (Å²) >= 11 is 0. The quantitative estimate of drug-likeness (QED) is 0.909. The lowest BCUT2D eigenvalue weighted by Crippen LogP contribution is -2.11. The molecular formula is C17H23N3. The highest BCUT2D eigenvalue weighted by Crippen LogP contribution is 2.35. The van der Waals surface area contributed by atoms with Crippen LogP contribution in [0.5, 0.6) is 0 Å². The first-order chi connectivity index (χ1) is 9.61. The largest absolute Gasteiger partial charge is 0.325 e. The number of aromatic nitrogens is 2. The Morgan fingerprint density at radius 1 is 1.10 bits per heavy atom. The Hall–Kier alpha value is -1.61. The minimum atomic E-state index is 0.516. The maximum Gasteiger partial charge on any atom is 0.0841 e. The SMILES string of the molecule is Cc1cc(C)c(-c2c(CN)nn3c2CCCC3)c(C)c1. The molecule has 1 aromatic heterocycles. The van der Waals surface area contributed by atoms with Crippen molar-refractivity contribution < 1.29 is 0 Å². The van der Waals surface area contributed by atoms with E-state index >= 15 is 0 Å². The summed E-state index contributed by atoms with van der Waals surface area (Å²) in [6, 6.07) is 4.52. The van der Waals surface area contributed by atoms with Crippen LogP contribution in [-0.2, 0) is 19.5 Å². The van der Waals surface area contributed by atoms with Gasteiger partial charge in [-0.1, -0.05) is 17.7 Å². The molecule has 0 saturated heterocycles. The van der Waals surface area contributed by atoms with Crippen molar-refractivity contribution in [2.24, 2.45) is 5.73 Å². The first-order valence-corrected chi connectivity index (χ1v) is 7.48. The highest BCUT2D eigenvalue weighted by atomic mass is 15.3. The van der Waals surface area contributed by atoms with Crippen LogP contribution in [0, 0.1) is 20.8 Å². The number of fused-ring (bicyclic) bond motifs is 1. The Labute approximate surface area is 120 Å². The summed E-state index contributed by atoms with van der Waals surface area (Å²) in [6.45, 7) is 8.10. The molecule has 2 aromatic rings. The van der Waals surface area contributed by atoms with Gasteiger partial charge in [-0.2, -0.15) is 5.10 Å². The number of hydrogen-bond donors (Lipinski definition) is 1. The van der Waals surface area contributed by atoms with Crippen LogP contribution in [0.2, 0.25) is 0 Å². The van der Waals surface area contributed by atoms with Gasteiger partial charge in [-0.3, -0.25) is 4.68 Å². The van der Waals surface area contributed by atoms with E-state index in [-0.39, 0.29) is 0 Å². The summed E-state index contributed by atoms with van der Waals surface area (Å²) in [5.41, 5.74) is 15.0. The second-order valence-corrected chi connectivity index (χ2v) is 5.93. The summed E-state index contributed by atoms with van der Waals surface area (Å²) in [5, 5.41) is 4.74. The van der Waals surface area contributed by atoms with Crippen LogP contribution in [0.4, 0.5) is 0 Å². The lowest BCUT2D eigenvalue weighted by Gasteiger charge is -2.17. The number of benzene rings is 1. The average Bonchev–Trinajstić information content (AvgIpc) is 2.76. The molecule has 0 radical (unpaired) electrons. The van der Waals surface area contributed by atoms with Crippen LogP contribution < -0.4 is 5.73 Å². The number of nitrogens with two attached hydrogens (primary N) is 1. The van der Waals surface area contributed by atoms with E-state index in [4.69, 9.17) is 10.8 Å². The predicted molar refractivity (Wildman–Crippen MR) is 82.7 cm³/mol. The second kappa shape index (κ2) is 5.06. The molecule has 106 valence electrons. The Kier molecular flexibility index (Phi) is 3.38. The standard InChI is InChI=1S/C17H23N3/c1-11-8-12(2)16(13(3)9-11)17-14(10-18)19-20-7-5-4-6-15(17)20/h8-9H,4-7,10,18H2,1-3H3. The first kappa shape index (κ1) is 13.4. The summed E-state index contributed by atoms with van der Waals surface area (Å²) in [7, 11) is 0. The number of nitrogens with zero attached hydrogens (tertiary/aromatic N) is 2. The molecule has 0 amide bonds. The molecule has 0 spiro atoms. The molecule has 0 aliphatic carbocycles. The van der Waals surface area contributed by atoms with Crippen LogP contribution in [0.1, 0.15) is 40.9 Å². The third-order valence-electron chi connectivity index (χ3n) is 4.28. The molecule has 1 aliphatic rings. The smallest absolute Gasteiger partial charge is 0.0841 e. The zero-order valence-corrected chi connectivity index (χ0v) is 12.7. The topological polar surface area (TPSA) is 43.8 Å². The van der Waals surface area contributed by atoms with Gasteiger partial charge in [0.05, 0.1) is 5.69 Å². The fourth-order valence-electron chi connectivity index (χ4n) is 3.55. The van der Waals surface area contributed by atoms with Gasteiger partial charge in [0.1, 0.15) is 0 Å². The van der Waals surface area contributed by atoms with Gasteiger partial charge in [-0.15, -0.1) is 0 Å². The molecule has 3 rings (SSSR count). The molecule has 3 heteroatoms. The number of rotatable bonds is 2. The molecule has 2 N–H and O–H groups in total. The van der Waals surface area contributed by atoms with Crippen LogP contribution >= 0.6 is 0 Å². The minimum absolute atomic E-state index is 0.516. The minimum Gasteiger partial charge on any atom is -0.325 e. The van der Waals surface area contributed by atoms with Gasteiger partial charge in [-0.25, -0.2) is 0 Å². The second-order valence-electron chi connectivity index (χ2n) is 5.93. The molecule has 0 saturated carbocycles. The summed E-state index contributed by atoms with van der Waals surface area (Å²) in [4.78, 5) is 0. The molecule has 2 heterocycles. The van der Waals surface area contributed by atoms with Crippen LogP contribution in [0.25, 0.3) is 11.1 Å². The van der Waals surface area contributed by atoms with Gasteiger partial charge in [-0.05, 0) is 56.7 Å². The van der Waals surface area contributed by atoms with Crippen molar-refractivity contribution in [3.05, 3.63) is 40.2 Å². The monoisotopic (exact) mass is 269 g/mol. The van der Waals surface area contributed by atoms with E-state index in [1.807, 2.05) is 0 Å². The Bertz CT molecular complexity index is 629. The van der Waals surface area contributed by atoms with Crippen LogP contribution in [0.3, 0.4) is 0 Å². The van der Waals surface area contributed by atoms with Crippen LogP contribution in [-0.4, -0.2) is 9.78 Å². The van der Waals surface area contributed by atoms with Crippen molar-refractivity contribution in [2.75, 3.05) is 0 Å². The third kappa shape index (κ3) is 2.06. The Morgan fingerprint density at radius 2 is 1.80 bits per heavy atom. The van der Waals surface area contributed by atoms with Crippen molar-refractivity contribution in [1.29, 1.82) is 0 Å². The average molecular weight is 269 g/mol. The first-order valence-electron chi connectivity index (χ1n) is 7.48. The van der Waals surface area contributed by atoms with Gasteiger partial charge in [0, 0.05) is 24.3 Å². The van der Waals surface area contributed by atoms with Crippen molar-refractivity contribution in [2.45, 2.75) is 53.1 Å². The molecule has 1 aliphatic heterocycles. The molecule has 20 heavy (non-hydrogen) atoms. The molecule has 3 nitrogen and oxygen atoms in total. The highest BCUT2D eigenvalue weighted by Gasteiger charge is 2.22. The third-order valence-corrected chi connectivity index (χ3v) is 4.28. The number of aryl methyl sites for hydroxylation is 4. The van der Waals surface area contributed by atoms with Gasteiger partial charge < -0.3 is 5.73 Å². The summed E-state index contributed by atoms with van der Waals surface area (Å²) < 4.78 is 2.18. The zero-order chi connectivity index (χ0) is 14.3. The molecule has 0 bridgehead atoms. The Balaban J connectivity index is 2.26. The lowest BCUT2D eigenvalue weighted by atomic mass is 9.90. The van der Waals surface area contributed by atoms with Crippen molar-refractivity contribution in [3.8, 4) is 11.1 Å². The Morgan fingerprint density at radius 3 is 2.45 bits per heavy atom.